The number of nitrogens with one attached hydrogen (secondary N) is 2. The second-order valence-corrected chi connectivity index (χ2v) is 7.09. The Morgan fingerprint density at radius 1 is 1.19 bits per heavy atom. The van der Waals surface area contributed by atoms with Crippen molar-refractivity contribution in [3.8, 4) is 0 Å². The van der Waals surface area contributed by atoms with Gasteiger partial charge in [-0.25, -0.2) is 4.98 Å². The van der Waals surface area contributed by atoms with Gasteiger partial charge in [0.2, 0.25) is 5.91 Å². The number of anilines is 1. The van der Waals surface area contributed by atoms with Gasteiger partial charge in [-0.15, -0.1) is 0 Å². The standard InChI is InChI=1S/C18H22N4O3S/c1-12-5-3-4-6-14(12)11-15(23)20-21-17(24)16-13(2)19-18(26-16)22-7-9-25-10-8-22/h3-6H,7-11H2,1-2H3,(H,20,23)(H,21,24). The van der Waals surface area contributed by atoms with Gasteiger partial charge in [0.05, 0.1) is 25.3 Å². The molecule has 0 spiro atoms. The van der Waals surface area contributed by atoms with Crippen LogP contribution < -0.4 is 15.8 Å². The van der Waals surface area contributed by atoms with Crippen molar-refractivity contribution in [2.24, 2.45) is 0 Å². The van der Waals surface area contributed by atoms with Crippen LogP contribution in [0.5, 0.6) is 0 Å². The van der Waals surface area contributed by atoms with Crippen LogP contribution in [0.4, 0.5) is 5.13 Å². The lowest BCUT2D eigenvalue weighted by Gasteiger charge is -2.25. The summed E-state index contributed by atoms with van der Waals surface area (Å²) in [5.41, 5.74) is 7.60. The van der Waals surface area contributed by atoms with Gasteiger partial charge in [0.15, 0.2) is 5.13 Å². The van der Waals surface area contributed by atoms with E-state index in [0.29, 0.717) is 23.8 Å². The minimum Gasteiger partial charge on any atom is -0.378 e. The van der Waals surface area contributed by atoms with Crippen molar-refractivity contribution in [2.45, 2.75) is 20.3 Å². The van der Waals surface area contributed by atoms with Crippen LogP contribution in [0, 0.1) is 13.8 Å². The highest BCUT2D eigenvalue weighted by Gasteiger charge is 2.20. The smallest absolute Gasteiger partial charge is 0.281 e. The molecule has 1 aliphatic rings. The van der Waals surface area contributed by atoms with E-state index in [1.807, 2.05) is 31.2 Å². The van der Waals surface area contributed by atoms with Crippen LogP contribution in [0.2, 0.25) is 0 Å². The minimum atomic E-state index is -0.349. The zero-order valence-corrected chi connectivity index (χ0v) is 15.7. The molecule has 26 heavy (non-hydrogen) atoms. The van der Waals surface area contributed by atoms with Crippen LogP contribution in [0.3, 0.4) is 0 Å². The molecule has 0 radical (unpaired) electrons. The van der Waals surface area contributed by atoms with E-state index in [1.54, 1.807) is 6.92 Å². The second-order valence-electron chi connectivity index (χ2n) is 6.12. The van der Waals surface area contributed by atoms with Crippen molar-refractivity contribution in [3.63, 3.8) is 0 Å². The molecule has 8 heteroatoms. The number of aryl methyl sites for hydroxylation is 2. The molecule has 1 fully saturated rings. The van der Waals surface area contributed by atoms with Crippen molar-refractivity contribution >= 4 is 28.3 Å². The normalized spacial score (nSPS) is 14.2. The lowest BCUT2D eigenvalue weighted by molar-refractivity contribution is -0.121. The summed E-state index contributed by atoms with van der Waals surface area (Å²) in [4.78, 5) is 31.6. The van der Waals surface area contributed by atoms with Crippen LogP contribution in [-0.4, -0.2) is 43.1 Å². The number of carbonyl (C=O) groups is 2. The molecule has 2 heterocycles. The molecular formula is C18H22N4O3S. The van der Waals surface area contributed by atoms with Gasteiger partial charge in [0.25, 0.3) is 5.91 Å². The van der Waals surface area contributed by atoms with E-state index < -0.39 is 0 Å². The third-order valence-corrected chi connectivity index (χ3v) is 5.42. The number of aromatic nitrogens is 1. The lowest BCUT2D eigenvalue weighted by Crippen LogP contribution is -2.42. The van der Waals surface area contributed by atoms with Crippen molar-refractivity contribution in [3.05, 3.63) is 46.0 Å². The molecule has 3 rings (SSSR count). The summed E-state index contributed by atoms with van der Waals surface area (Å²) in [6.45, 7) is 6.60. The first-order chi connectivity index (χ1) is 12.5. The number of nitrogens with zero attached hydrogens (tertiary/aromatic N) is 2. The fourth-order valence-electron chi connectivity index (χ4n) is 2.69. The zero-order chi connectivity index (χ0) is 18.5. The third kappa shape index (κ3) is 4.39. The van der Waals surface area contributed by atoms with Crippen molar-refractivity contribution in [2.75, 3.05) is 31.2 Å². The lowest BCUT2D eigenvalue weighted by atomic mass is 10.1. The van der Waals surface area contributed by atoms with E-state index >= 15 is 0 Å². The van der Waals surface area contributed by atoms with Crippen LogP contribution >= 0.6 is 11.3 Å². The monoisotopic (exact) mass is 374 g/mol. The molecule has 0 atom stereocenters. The first kappa shape index (κ1) is 18.3. The van der Waals surface area contributed by atoms with Gasteiger partial charge in [-0.3, -0.25) is 20.4 Å². The number of carbonyl (C=O) groups excluding carboxylic acids is 2. The third-order valence-electron chi connectivity index (χ3n) is 4.20. The molecule has 0 bridgehead atoms. The number of hydrazine groups is 1. The zero-order valence-electron chi connectivity index (χ0n) is 14.9. The largest absolute Gasteiger partial charge is 0.378 e. The number of hydrogen-bond donors (Lipinski definition) is 2. The maximum Gasteiger partial charge on any atom is 0.281 e. The highest BCUT2D eigenvalue weighted by atomic mass is 32.1. The molecule has 1 aromatic carbocycles. The van der Waals surface area contributed by atoms with Gasteiger partial charge in [0, 0.05) is 13.1 Å². The second kappa shape index (κ2) is 8.29. The van der Waals surface area contributed by atoms with E-state index in [0.717, 1.165) is 29.3 Å². The van der Waals surface area contributed by atoms with E-state index in [-0.39, 0.29) is 18.2 Å². The molecule has 2 aromatic rings. The molecule has 1 saturated heterocycles. The maximum atomic E-state index is 12.4. The Morgan fingerprint density at radius 2 is 1.92 bits per heavy atom. The first-order valence-electron chi connectivity index (χ1n) is 8.48. The molecule has 2 amide bonds. The predicted molar refractivity (Wildman–Crippen MR) is 100 cm³/mol. The predicted octanol–water partition coefficient (Wildman–Crippen LogP) is 1.60. The van der Waals surface area contributed by atoms with E-state index in [4.69, 9.17) is 4.74 Å². The summed E-state index contributed by atoms with van der Waals surface area (Å²) in [6, 6.07) is 7.67. The van der Waals surface area contributed by atoms with Crippen LogP contribution in [-0.2, 0) is 16.0 Å². The molecule has 1 aromatic heterocycles. The quantitative estimate of drug-likeness (QED) is 0.795. The summed E-state index contributed by atoms with van der Waals surface area (Å²) in [6.07, 6.45) is 0.216. The van der Waals surface area contributed by atoms with Gasteiger partial charge in [-0.2, -0.15) is 0 Å². The van der Waals surface area contributed by atoms with E-state index in [1.165, 1.54) is 11.3 Å². The van der Waals surface area contributed by atoms with Crippen molar-refractivity contribution < 1.29 is 14.3 Å². The van der Waals surface area contributed by atoms with Crippen LogP contribution in [0.25, 0.3) is 0 Å². The summed E-state index contributed by atoms with van der Waals surface area (Å²) in [7, 11) is 0. The highest BCUT2D eigenvalue weighted by Crippen LogP contribution is 2.26. The Bertz CT molecular complexity index is 799. The number of thiazole rings is 1. The van der Waals surface area contributed by atoms with E-state index in [9.17, 15) is 9.59 Å². The number of benzene rings is 1. The van der Waals surface area contributed by atoms with Gasteiger partial charge >= 0.3 is 0 Å². The van der Waals surface area contributed by atoms with Gasteiger partial charge in [-0.1, -0.05) is 35.6 Å². The summed E-state index contributed by atoms with van der Waals surface area (Å²) in [5, 5.41) is 0.808. The summed E-state index contributed by atoms with van der Waals surface area (Å²) >= 11 is 1.33. The fraction of sp³-hybridized carbons (Fsp3) is 0.389. The molecule has 1 aliphatic heterocycles. The molecule has 0 saturated carbocycles. The number of morpholine rings is 1. The van der Waals surface area contributed by atoms with Crippen LogP contribution in [0.1, 0.15) is 26.5 Å². The van der Waals surface area contributed by atoms with Gasteiger partial charge in [-0.05, 0) is 25.0 Å². The van der Waals surface area contributed by atoms with Crippen molar-refractivity contribution in [1.29, 1.82) is 0 Å². The van der Waals surface area contributed by atoms with Gasteiger partial charge < -0.3 is 9.64 Å². The van der Waals surface area contributed by atoms with E-state index in [2.05, 4.69) is 20.7 Å². The average molecular weight is 374 g/mol. The molecule has 7 nitrogen and oxygen atoms in total. The Morgan fingerprint density at radius 3 is 2.65 bits per heavy atom. The first-order valence-corrected chi connectivity index (χ1v) is 9.30. The Kier molecular flexibility index (Phi) is 5.85. The SMILES string of the molecule is Cc1ccccc1CC(=O)NNC(=O)c1sc(N2CCOCC2)nc1C. The number of ether oxygens (including phenoxy) is 1. The highest BCUT2D eigenvalue weighted by molar-refractivity contribution is 7.17. The topological polar surface area (TPSA) is 83.6 Å². The Hall–Kier alpha value is -2.45. The molecule has 0 aliphatic carbocycles. The molecule has 138 valence electrons. The molecule has 2 N–H and O–H groups in total. The van der Waals surface area contributed by atoms with Gasteiger partial charge in [0.1, 0.15) is 4.88 Å². The number of hydrogen-bond acceptors (Lipinski definition) is 6. The number of amides is 2. The average Bonchev–Trinajstić information content (AvgIpc) is 3.04. The van der Waals surface area contributed by atoms with Crippen molar-refractivity contribution in [1.82, 2.24) is 15.8 Å². The fourth-order valence-corrected chi connectivity index (χ4v) is 3.71. The molecular weight excluding hydrogens is 352 g/mol. The maximum absolute atomic E-state index is 12.4. The molecule has 0 unspecified atom stereocenters. The minimum absolute atomic E-state index is 0.216. The number of rotatable bonds is 4. The Balaban J connectivity index is 1.57. The Labute approximate surface area is 156 Å². The summed E-state index contributed by atoms with van der Waals surface area (Å²) < 4.78 is 5.34. The van der Waals surface area contributed by atoms with Crippen LogP contribution in [0.15, 0.2) is 24.3 Å². The summed E-state index contributed by atoms with van der Waals surface area (Å²) in [5.74, 6) is -0.610.